The van der Waals surface area contributed by atoms with Gasteiger partial charge in [-0.05, 0) is 67.8 Å². The van der Waals surface area contributed by atoms with Gasteiger partial charge in [-0.3, -0.25) is 0 Å². The highest BCUT2D eigenvalue weighted by atomic mass is 79.9. The van der Waals surface area contributed by atoms with Crippen molar-refractivity contribution in [3.05, 3.63) is 34.3 Å². The van der Waals surface area contributed by atoms with Crippen LogP contribution in [0, 0.1) is 17.8 Å². The summed E-state index contributed by atoms with van der Waals surface area (Å²) in [5, 5.41) is 10.6. The number of hydrogen-bond acceptors (Lipinski definition) is 3. The fraction of sp³-hybridized carbons (Fsp3) is 0.611. The summed E-state index contributed by atoms with van der Waals surface area (Å²) in [6, 6.07) is 8.41. The Labute approximate surface area is 159 Å². The summed E-state index contributed by atoms with van der Waals surface area (Å²) in [6.07, 6.45) is -0.952. The van der Waals surface area contributed by atoms with Gasteiger partial charge in [-0.15, -0.1) is 0 Å². The van der Waals surface area contributed by atoms with Gasteiger partial charge in [-0.1, -0.05) is 28.1 Å². The van der Waals surface area contributed by atoms with Crippen molar-refractivity contribution in [2.24, 2.45) is 17.8 Å². The van der Waals surface area contributed by atoms with Crippen LogP contribution in [0.3, 0.4) is 0 Å². The summed E-state index contributed by atoms with van der Waals surface area (Å²) in [5.74, 6) is -0.0133. The molecular formula is C18H23BrF3NO3. The zero-order chi connectivity index (χ0) is 19.2. The number of nitrogens with one attached hydrogen (secondary N) is 1. The molecular weight excluding hydrogens is 415 g/mol. The average Bonchev–Trinajstić information content (AvgIpc) is 3.37. The molecule has 0 unspecified atom stereocenters. The van der Waals surface area contributed by atoms with Crippen LogP contribution >= 0.6 is 15.9 Å². The number of aliphatic carboxylic acids is 1. The number of alkyl halides is 3. The fourth-order valence-corrected chi connectivity index (χ4v) is 3.49. The van der Waals surface area contributed by atoms with E-state index in [9.17, 15) is 13.2 Å². The first-order chi connectivity index (χ1) is 12.3. The van der Waals surface area contributed by atoms with Gasteiger partial charge >= 0.3 is 12.1 Å². The molecule has 2 atom stereocenters. The van der Waals surface area contributed by atoms with E-state index in [-0.39, 0.29) is 0 Å². The first-order valence-electron chi connectivity index (χ1n) is 8.60. The van der Waals surface area contributed by atoms with Crippen molar-refractivity contribution in [2.45, 2.75) is 32.0 Å². The minimum Gasteiger partial charge on any atom is -0.475 e. The van der Waals surface area contributed by atoms with Crippen LogP contribution in [0.2, 0.25) is 0 Å². The summed E-state index contributed by atoms with van der Waals surface area (Å²) in [7, 11) is 0. The standard InChI is InChI=1S/C16H22BrNO.C2HF3O2/c17-15-3-1-12(2-4-15)10-19-11-14-9-16(14)13-5-7-18-8-6-13;3-2(4,5)1(6)7/h1-4,13-14,16,18H,5-11H2;(H,6,7)/t14-,16+;/m0./s1. The molecule has 0 radical (unpaired) electrons. The molecule has 26 heavy (non-hydrogen) atoms. The molecule has 1 saturated carbocycles. The molecule has 2 fully saturated rings. The van der Waals surface area contributed by atoms with Crippen LogP contribution in [0.1, 0.15) is 24.8 Å². The van der Waals surface area contributed by atoms with Crippen LogP contribution in [0.5, 0.6) is 0 Å². The maximum absolute atomic E-state index is 10.6. The Kier molecular flexibility index (Phi) is 7.91. The van der Waals surface area contributed by atoms with E-state index in [2.05, 4.69) is 45.5 Å². The van der Waals surface area contributed by atoms with Crippen LogP contribution in [0.25, 0.3) is 0 Å². The van der Waals surface area contributed by atoms with Crippen LogP contribution in [0.15, 0.2) is 28.7 Å². The number of ether oxygens (including phenoxy) is 1. The van der Waals surface area contributed by atoms with E-state index in [1.54, 1.807) is 0 Å². The maximum Gasteiger partial charge on any atom is 0.490 e. The molecule has 8 heteroatoms. The Balaban J connectivity index is 0.000000298. The molecule has 1 aromatic rings. The number of carboxylic acids is 1. The lowest BCUT2D eigenvalue weighted by Crippen LogP contribution is -2.29. The maximum atomic E-state index is 10.6. The lowest BCUT2D eigenvalue weighted by atomic mass is 9.92. The van der Waals surface area contributed by atoms with E-state index in [0.29, 0.717) is 0 Å². The first kappa shape index (κ1) is 21.2. The van der Waals surface area contributed by atoms with Crippen molar-refractivity contribution in [2.75, 3.05) is 19.7 Å². The highest BCUT2D eigenvalue weighted by molar-refractivity contribution is 9.10. The van der Waals surface area contributed by atoms with Crippen LogP contribution in [-0.2, 0) is 16.1 Å². The Morgan fingerprint density at radius 1 is 1.23 bits per heavy atom. The average molecular weight is 438 g/mol. The molecule has 1 aliphatic heterocycles. The van der Waals surface area contributed by atoms with Gasteiger partial charge in [0, 0.05) is 4.47 Å². The molecule has 0 spiro atoms. The Morgan fingerprint density at radius 2 is 1.81 bits per heavy atom. The molecule has 1 aliphatic carbocycles. The normalized spacial score (nSPS) is 23.1. The van der Waals surface area contributed by atoms with E-state index in [1.165, 1.54) is 37.9 Å². The largest absolute Gasteiger partial charge is 0.490 e. The van der Waals surface area contributed by atoms with Crippen molar-refractivity contribution < 1.29 is 27.8 Å². The summed E-state index contributed by atoms with van der Waals surface area (Å²) in [4.78, 5) is 8.90. The summed E-state index contributed by atoms with van der Waals surface area (Å²) in [5.41, 5.74) is 1.27. The Bertz CT molecular complexity index is 574. The molecule has 0 amide bonds. The number of piperidine rings is 1. The van der Waals surface area contributed by atoms with Gasteiger partial charge < -0.3 is 15.2 Å². The van der Waals surface area contributed by atoms with Gasteiger partial charge in [0.05, 0.1) is 13.2 Å². The third-order valence-electron chi connectivity index (χ3n) is 4.72. The van der Waals surface area contributed by atoms with Crippen molar-refractivity contribution >= 4 is 21.9 Å². The summed E-state index contributed by atoms with van der Waals surface area (Å²) in [6.45, 7) is 4.13. The lowest BCUT2D eigenvalue weighted by Gasteiger charge is -2.22. The molecule has 0 bridgehead atoms. The number of halogens is 4. The second-order valence-electron chi connectivity index (χ2n) is 6.69. The molecule has 1 heterocycles. The first-order valence-corrected chi connectivity index (χ1v) is 9.39. The smallest absolute Gasteiger partial charge is 0.475 e. The number of rotatable bonds is 5. The van der Waals surface area contributed by atoms with Crippen LogP contribution in [-0.4, -0.2) is 36.9 Å². The van der Waals surface area contributed by atoms with Gasteiger partial charge in [-0.2, -0.15) is 13.2 Å². The molecule has 4 nitrogen and oxygen atoms in total. The predicted octanol–water partition coefficient (Wildman–Crippen LogP) is 4.23. The third kappa shape index (κ3) is 7.25. The Hall–Kier alpha value is -1.12. The van der Waals surface area contributed by atoms with Crippen LogP contribution in [0.4, 0.5) is 13.2 Å². The monoisotopic (exact) mass is 437 g/mol. The molecule has 0 aromatic heterocycles. The van der Waals surface area contributed by atoms with Crippen molar-refractivity contribution in [1.29, 1.82) is 0 Å². The van der Waals surface area contributed by atoms with Crippen molar-refractivity contribution in [1.82, 2.24) is 5.32 Å². The molecule has 2 N–H and O–H groups in total. The minimum absolute atomic E-state index is 0.753. The van der Waals surface area contributed by atoms with Gasteiger partial charge in [0.25, 0.3) is 0 Å². The van der Waals surface area contributed by atoms with E-state index < -0.39 is 12.1 Å². The highest BCUT2D eigenvalue weighted by Crippen LogP contribution is 2.47. The van der Waals surface area contributed by atoms with Crippen molar-refractivity contribution in [3.63, 3.8) is 0 Å². The second kappa shape index (κ2) is 9.71. The van der Waals surface area contributed by atoms with E-state index in [1.807, 2.05) is 0 Å². The van der Waals surface area contributed by atoms with E-state index in [0.717, 1.165) is 35.4 Å². The molecule has 3 rings (SSSR count). The third-order valence-corrected chi connectivity index (χ3v) is 5.25. The number of carboxylic acid groups (broad SMARTS) is 1. The van der Waals surface area contributed by atoms with Gasteiger partial charge in [-0.25, -0.2) is 4.79 Å². The number of benzene rings is 1. The topological polar surface area (TPSA) is 58.6 Å². The van der Waals surface area contributed by atoms with Crippen LogP contribution < -0.4 is 5.32 Å². The Morgan fingerprint density at radius 3 is 2.35 bits per heavy atom. The van der Waals surface area contributed by atoms with Gasteiger partial charge in [0.1, 0.15) is 0 Å². The molecule has 1 saturated heterocycles. The second-order valence-corrected chi connectivity index (χ2v) is 7.61. The quantitative estimate of drug-likeness (QED) is 0.723. The lowest BCUT2D eigenvalue weighted by molar-refractivity contribution is -0.192. The minimum atomic E-state index is -5.08. The zero-order valence-corrected chi connectivity index (χ0v) is 15.9. The zero-order valence-electron chi connectivity index (χ0n) is 14.3. The van der Waals surface area contributed by atoms with E-state index in [4.69, 9.17) is 14.6 Å². The fourth-order valence-electron chi connectivity index (χ4n) is 3.22. The SMILES string of the molecule is Brc1ccc(COC[C@@H]2C[C@@H]2C2CCNCC2)cc1.O=C(O)C(F)(F)F. The summed E-state index contributed by atoms with van der Waals surface area (Å²) < 4.78 is 38.7. The molecule has 146 valence electrons. The van der Waals surface area contributed by atoms with Gasteiger partial charge in [0.15, 0.2) is 0 Å². The molecule has 2 aliphatic rings. The molecule has 1 aromatic carbocycles. The number of hydrogen-bond donors (Lipinski definition) is 2. The summed E-state index contributed by atoms with van der Waals surface area (Å²) >= 11 is 3.45. The van der Waals surface area contributed by atoms with Gasteiger partial charge in [0.2, 0.25) is 0 Å². The van der Waals surface area contributed by atoms with E-state index >= 15 is 0 Å². The predicted molar refractivity (Wildman–Crippen MR) is 94.7 cm³/mol. The number of carbonyl (C=O) groups is 1. The highest BCUT2D eigenvalue weighted by Gasteiger charge is 2.42. The van der Waals surface area contributed by atoms with Crippen molar-refractivity contribution in [3.8, 4) is 0 Å².